The van der Waals surface area contributed by atoms with Gasteiger partial charge in [0.2, 0.25) is 0 Å². The average Bonchev–Trinajstić information content (AvgIpc) is 3.39. The Labute approximate surface area is 196 Å². The van der Waals surface area contributed by atoms with Crippen molar-refractivity contribution in [2.75, 3.05) is 6.61 Å². The van der Waals surface area contributed by atoms with E-state index in [0.717, 1.165) is 23.1 Å². The van der Waals surface area contributed by atoms with Crippen LogP contribution in [0.15, 0.2) is 71.1 Å². The topological polar surface area (TPSA) is 42.6 Å². The molecule has 3 aromatic rings. The number of aliphatic hydroxyl groups excluding tert-OH is 1. The van der Waals surface area contributed by atoms with E-state index in [-0.39, 0.29) is 44.5 Å². The number of furan rings is 1. The maximum atomic E-state index is 14.5. The first-order chi connectivity index (χ1) is 13.7. The molecular weight excluding hydrogens is 444 g/mol. The van der Waals surface area contributed by atoms with Gasteiger partial charge in [0.25, 0.3) is 0 Å². The predicted molar refractivity (Wildman–Crippen MR) is 105 cm³/mol. The Morgan fingerprint density at radius 1 is 1.03 bits per heavy atom. The van der Waals surface area contributed by atoms with Crippen molar-refractivity contribution in [3.05, 3.63) is 95.4 Å². The van der Waals surface area contributed by atoms with Gasteiger partial charge in [0.1, 0.15) is 12.3 Å². The van der Waals surface area contributed by atoms with E-state index in [1.165, 1.54) is 0 Å². The van der Waals surface area contributed by atoms with Crippen LogP contribution in [0.1, 0.15) is 47.3 Å². The zero-order chi connectivity index (χ0) is 19.3. The van der Waals surface area contributed by atoms with E-state index in [4.69, 9.17) is 9.15 Å². The normalized spacial score (nSPS) is 22.2. The van der Waals surface area contributed by atoms with E-state index in [1.54, 1.807) is 12.1 Å². The van der Waals surface area contributed by atoms with Crippen molar-refractivity contribution in [2.24, 2.45) is 5.92 Å². The minimum Gasteiger partial charge on any atom is -0.593 e. The molecule has 4 rings (SSSR count). The number of rotatable bonds is 7. The molecule has 4 atom stereocenters. The SMILES string of the molecule is OC(c1ccccc1)c1ccc(C2CCC(F)C2COCc2cc[c-]o2)cc1.[Y]. The molecule has 1 aliphatic rings. The van der Waals surface area contributed by atoms with Crippen molar-refractivity contribution in [1.29, 1.82) is 0 Å². The zero-order valence-electron chi connectivity index (χ0n) is 16.2. The number of alkyl halides is 1. The first kappa shape index (κ1) is 22.4. The Hall–Kier alpha value is -1.33. The van der Waals surface area contributed by atoms with E-state index < -0.39 is 12.3 Å². The van der Waals surface area contributed by atoms with Crippen molar-refractivity contribution >= 4 is 0 Å². The third-order valence-electron chi connectivity index (χ3n) is 5.61. The number of hydrogen-bond donors (Lipinski definition) is 1. The van der Waals surface area contributed by atoms with E-state index in [2.05, 4.69) is 6.26 Å². The van der Waals surface area contributed by atoms with E-state index in [9.17, 15) is 9.50 Å². The van der Waals surface area contributed by atoms with Crippen LogP contribution in [0, 0.1) is 12.2 Å². The van der Waals surface area contributed by atoms with Crippen LogP contribution < -0.4 is 0 Å². The molecule has 1 N–H and O–H groups in total. The third kappa shape index (κ3) is 5.43. The molecule has 1 aliphatic carbocycles. The van der Waals surface area contributed by atoms with Gasteiger partial charge >= 0.3 is 0 Å². The van der Waals surface area contributed by atoms with Crippen LogP contribution in [-0.4, -0.2) is 17.9 Å². The Balaban J connectivity index is 0.00000240. The van der Waals surface area contributed by atoms with Gasteiger partial charge in [-0.15, -0.1) is 6.07 Å². The second-order valence-electron chi connectivity index (χ2n) is 7.38. The van der Waals surface area contributed by atoms with Gasteiger partial charge in [-0.25, -0.2) is 4.39 Å². The summed E-state index contributed by atoms with van der Waals surface area (Å²) >= 11 is 0. The van der Waals surface area contributed by atoms with Gasteiger partial charge in [-0.1, -0.05) is 54.6 Å². The molecule has 0 bridgehead atoms. The second-order valence-corrected chi connectivity index (χ2v) is 7.38. The monoisotopic (exact) mass is 468 g/mol. The fourth-order valence-electron chi connectivity index (χ4n) is 4.05. The van der Waals surface area contributed by atoms with Crippen LogP contribution in [0.3, 0.4) is 0 Å². The number of hydrogen-bond acceptors (Lipinski definition) is 3. The molecule has 0 spiro atoms. The molecule has 4 unspecified atom stereocenters. The molecule has 5 heteroatoms. The van der Waals surface area contributed by atoms with Crippen LogP contribution in [-0.2, 0) is 44.1 Å². The smallest absolute Gasteiger partial charge is 0.106 e. The zero-order valence-corrected chi connectivity index (χ0v) is 19.0. The first-order valence-corrected chi connectivity index (χ1v) is 9.72. The molecule has 3 nitrogen and oxygen atoms in total. The largest absolute Gasteiger partial charge is 0.593 e. The summed E-state index contributed by atoms with van der Waals surface area (Å²) in [6.07, 6.45) is 2.48. The van der Waals surface area contributed by atoms with Gasteiger partial charge in [-0.05, 0) is 47.5 Å². The van der Waals surface area contributed by atoms with Gasteiger partial charge in [0, 0.05) is 45.2 Å². The van der Waals surface area contributed by atoms with Crippen LogP contribution in [0.5, 0.6) is 0 Å². The number of benzene rings is 2. The molecular formula is C24H24FO3Y-. The summed E-state index contributed by atoms with van der Waals surface area (Å²) in [7, 11) is 0. The Morgan fingerprint density at radius 2 is 1.76 bits per heavy atom. The van der Waals surface area contributed by atoms with Gasteiger partial charge in [0.05, 0.1) is 6.61 Å². The second kappa shape index (κ2) is 10.6. The molecule has 0 amide bonds. The Kier molecular flexibility index (Phi) is 8.19. The van der Waals surface area contributed by atoms with Gasteiger partial charge in [0.15, 0.2) is 0 Å². The fraction of sp³-hybridized carbons (Fsp3) is 0.333. The molecule has 1 saturated carbocycles. The van der Waals surface area contributed by atoms with Gasteiger partial charge in [-0.2, -0.15) is 6.07 Å². The van der Waals surface area contributed by atoms with Gasteiger partial charge in [-0.3, -0.25) is 0 Å². The Morgan fingerprint density at radius 3 is 2.45 bits per heavy atom. The molecule has 1 radical (unpaired) electrons. The van der Waals surface area contributed by atoms with Crippen LogP contribution >= 0.6 is 0 Å². The maximum Gasteiger partial charge on any atom is 0.106 e. The summed E-state index contributed by atoms with van der Waals surface area (Å²) in [6.45, 7) is 0.697. The van der Waals surface area contributed by atoms with Crippen LogP contribution in [0.25, 0.3) is 0 Å². The van der Waals surface area contributed by atoms with Crippen molar-refractivity contribution in [3.8, 4) is 0 Å². The summed E-state index contributed by atoms with van der Waals surface area (Å²) in [6, 6.07) is 21.0. The number of ether oxygens (including phenoxy) is 1. The standard InChI is InChI=1S/C24H24FO3.Y/c25-23-13-12-21(22(23)16-27-15-20-7-4-14-28-20)17-8-10-19(11-9-17)24(26)18-5-2-1-3-6-18;/h1-11,21-24,26H,12-13,15-16H2;/q-1;. The summed E-state index contributed by atoms with van der Waals surface area (Å²) in [5, 5.41) is 10.6. The minimum absolute atomic E-state index is 0. The molecule has 0 aliphatic heterocycles. The van der Waals surface area contributed by atoms with Crippen molar-refractivity contribution in [3.63, 3.8) is 0 Å². The molecule has 1 aromatic heterocycles. The summed E-state index contributed by atoms with van der Waals surface area (Å²) in [5.74, 6) is 0.661. The molecule has 0 saturated heterocycles. The van der Waals surface area contributed by atoms with E-state index in [1.807, 2.05) is 54.6 Å². The number of halogens is 1. The molecule has 1 fully saturated rings. The summed E-state index contributed by atoms with van der Waals surface area (Å²) in [5.41, 5.74) is 2.80. The molecule has 2 aromatic carbocycles. The number of aliphatic hydroxyl groups is 1. The van der Waals surface area contributed by atoms with Crippen molar-refractivity contribution in [2.45, 2.75) is 37.6 Å². The minimum atomic E-state index is -0.859. The molecule has 29 heavy (non-hydrogen) atoms. The summed E-state index contributed by atoms with van der Waals surface area (Å²) < 4.78 is 25.3. The van der Waals surface area contributed by atoms with Crippen molar-refractivity contribution in [1.82, 2.24) is 0 Å². The summed E-state index contributed by atoms with van der Waals surface area (Å²) in [4.78, 5) is 0. The quantitative estimate of drug-likeness (QED) is 0.485. The predicted octanol–water partition coefficient (Wildman–Crippen LogP) is 5.21. The third-order valence-corrected chi connectivity index (χ3v) is 5.61. The van der Waals surface area contributed by atoms with Crippen LogP contribution in [0.2, 0.25) is 0 Å². The van der Waals surface area contributed by atoms with Crippen molar-refractivity contribution < 1.29 is 51.4 Å². The van der Waals surface area contributed by atoms with E-state index in [0.29, 0.717) is 25.4 Å². The first-order valence-electron chi connectivity index (χ1n) is 9.72. The molecule has 1 heterocycles. The average molecular weight is 468 g/mol. The van der Waals surface area contributed by atoms with Crippen LogP contribution in [0.4, 0.5) is 4.39 Å². The van der Waals surface area contributed by atoms with E-state index >= 15 is 0 Å². The Bertz CT molecular complexity index is 852. The maximum absolute atomic E-state index is 14.5. The fourth-order valence-corrected chi connectivity index (χ4v) is 4.05. The van der Waals surface area contributed by atoms with Gasteiger partial charge < -0.3 is 14.3 Å². The molecule has 149 valence electrons.